The molecule has 2 N–H and O–H groups in total. The molecule has 1 aromatic heterocycles. The lowest BCUT2D eigenvalue weighted by Gasteiger charge is -2.13. The Hall–Kier alpha value is -1.33. The standard InChI is InChI=1S/C15H21N3OS/c1-4-10(2)13(16)14-17-18-15(19-14)20-9-12-8-6-5-7-11(12)3/h5-8,10,13H,4,9,16H2,1-3H3. The highest BCUT2D eigenvalue weighted by Crippen LogP contribution is 2.26. The Morgan fingerprint density at radius 2 is 2.05 bits per heavy atom. The van der Waals surface area contributed by atoms with Gasteiger partial charge in [0.05, 0.1) is 6.04 Å². The minimum Gasteiger partial charge on any atom is -0.414 e. The zero-order valence-corrected chi connectivity index (χ0v) is 13.0. The van der Waals surface area contributed by atoms with E-state index in [1.165, 1.54) is 11.1 Å². The van der Waals surface area contributed by atoms with Crippen LogP contribution in [0.3, 0.4) is 0 Å². The van der Waals surface area contributed by atoms with Crippen molar-refractivity contribution in [3.05, 3.63) is 41.3 Å². The van der Waals surface area contributed by atoms with Gasteiger partial charge in [-0.1, -0.05) is 56.3 Å². The van der Waals surface area contributed by atoms with Crippen molar-refractivity contribution in [2.45, 2.75) is 44.2 Å². The number of thioether (sulfide) groups is 1. The molecule has 108 valence electrons. The topological polar surface area (TPSA) is 64.9 Å². The van der Waals surface area contributed by atoms with E-state index in [-0.39, 0.29) is 6.04 Å². The van der Waals surface area contributed by atoms with E-state index in [2.05, 4.69) is 43.1 Å². The highest BCUT2D eigenvalue weighted by molar-refractivity contribution is 7.98. The zero-order chi connectivity index (χ0) is 14.5. The lowest BCUT2D eigenvalue weighted by molar-refractivity contribution is 0.333. The molecule has 5 heteroatoms. The number of nitrogens with zero attached hydrogens (tertiary/aromatic N) is 2. The fraction of sp³-hybridized carbons (Fsp3) is 0.467. The summed E-state index contributed by atoms with van der Waals surface area (Å²) in [6.07, 6.45) is 0.995. The summed E-state index contributed by atoms with van der Waals surface area (Å²) in [5, 5.41) is 8.71. The molecule has 1 aromatic carbocycles. The van der Waals surface area contributed by atoms with Crippen LogP contribution >= 0.6 is 11.8 Å². The highest BCUT2D eigenvalue weighted by Gasteiger charge is 2.19. The van der Waals surface area contributed by atoms with Crippen molar-refractivity contribution in [2.75, 3.05) is 0 Å². The van der Waals surface area contributed by atoms with Gasteiger partial charge in [-0.05, 0) is 24.0 Å². The third kappa shape index (κ3) is 3.61. The summed E-state index contributed by atoms with van der Waals surface area (Å²) in [5.41, 5.74) is 8.64. The molecular weight excluding hydrogens is 270 g/mol. The van der Waals surface area contributed by atoms with Crippen molar-refractivity contribution in [3.63, 3.8) is 0 Å². The molecule has 2 rings (SSSR count). The van der Waals surface area contributed by atoms with Crippen LogP contribution in [0.4, 0.5) is 0 Å². The molecule has 2 atom stereocenters. The summed E-state index contributed by atoms with van der Waals surface area (Å²) in [4.78, 5) is 0. The first-order valence-electron chi connectivity index (χ1n) is 6.88. The Labute approximate surface area is 124 Å². The number of benzene rings is 1. The molecule has 0 aliphatic rings. The molecule has 4 nitrogen and oxygen atoms in total. The molecule has 20 heavy (non-hydrogen) atoms. The highest BCUT2D eigenvalue weighted by atomic mass is 32.2. The van der Waals surface area contributed by atoms with Crippen molar-refractivity contribution < 1.29 is 4.42 Å². The van der Waals surface area contributed by atoms with E-state index in [9.17, 15) is 0 Å². The second-order valence-corrected chi connectivity index (χ2v) is 5.96. The molecule has 0 bridgehead atoms. The van der Waals surface area contributed by atoms with Crippen LogP contribution in [0.1, 0.15) is 43.3 Å². The summed E-state index contributed by atoms with van der Waals surface area (Å²) >= 11 is 1.55. The maximum atomic E-state index is 6.09. The normalized spacial score (nSPS) is 14.2. The van der Waals surface area contributed by atoms with Crippen molar-refractivity contribution in [1.82, 2.24) is 10.2 Å². The van der Waals surface area contributed by atoms with Crippen molar-refractivity contribution in [1.29, 1.82) is 0 Å². The van der Waals surface area contributed by atoms with Crippen LogP contribution in [0.2, 0.25) is 0 Å². The monoisotopic (exact) mass is 291 g/mol. The molecule has 0 amide bonds. The average molecular weight is 291 g/mol. The Kier molecular flexibility index (Phi) is 5.20. The first-order valence-corrected chi connectivity index (χ1v) is 7.86. The van der Waals surface area contributed by atoms with Crippen LogP contribution in [0.25, 0.3) is 0 Å². The van der Waals surface area contributed by atoms with Gasteiger partial charge in [0.2, 0.25) is 5.89 Å². The molecule has 1 heterocycles. The van der Waals surface area contributed by atoms with E-state index in [4.69, 9.17) is 10.2 Å². The number of rotatable bonds is 6. The second-order valence-electron chi connectivity index (χ2n) is 5.03. The predicted octanol–water partition coefficient (Wildman–Crippen LogP) is 3.72. The second kappa shape index (κ2) is 6.90. The number of aromatic nitrogens is 2. The fourth-order valence-electron chi connectivity index (χ4n) is 1.82. The first-order chi connectivity index (χ1) is 9.61. The van der Waals surface area contributed by atoms with Crippen LogP contribution in [0.15, 0.2) is 33.9 Å². The Bertz CT molecular complexity index is 556. The average Bonchev–Trinajstić information content (AvgIpc) is 2.93. The van der Waals surface area contributed by atoms with Crippen LogP contribution in [-0.2, 0) is 5.75 Å². The third-order valence-electron chi connectivity index (χ3n) is 3.58. The van der Waals surface area contributed by atoms with Gasteiger partial charge in [0, 0.05) is 5.75 Å². The lowest BCUT2D eigenvalue weighted by Crippen LogP contribution is -2.18. The van der Waals surface area contributed by atoms with Gasteiger partial charge in [-0.3, -0.25) is 0 Å². The predicted molar refractivity (Wildman–Crippen MR) is 81.4 cm³/mol. The maximum absolute atomic E-state index is 6.09. The van der Waals surface area contributed by atoms with Crippen molar-refractivity contribution in [2.24, 2.45) is 11.7 Å². The summed E-state index contributed by atoms with van der Waals surface area (Å²) < 4.78 is 5.65. The van der Waals surface area contributed by atoms with E-state index in [1.54, 1.807) is 11.8 Å². The Balaban J connectivity index is 1.98. The Morgan fingerprint density at radius 3 is 2.75 bits per heavy atom. The van der Waals surface area contributed by atoms with Crippen LogP contribution in [0.5, 0.6) is 0 Å². The van der Waals surface area contributed by atoms with Gasteiger partial charge in [-0.15, -0.1) is 10.2 Å². The van der Waals surface area contributed by atoms with Crippen molar-refractivity contribution in [3.8, 4) is 0 Å². The maximum Gasteiger partial charge on any atom is 0.276 e. The van der Waals surface area contributed by atoms with E-state index in [1.807, 2.05) is 12.1 Å². The lowest BCUT2D eigenvalue weighted by atomic mass is 10.0. The molecule has 0 radical (unpaired) electrons. The Morgan fingerprint density at radius 1 is 1.30 bits per heavy atom. The van der Waals surface area contributed by atoms with E-state index in [0.29, 0.717) is 17.0 Å². The van der Waals surface area contributed by atoms with Crippen LogP contribution in [0, 0.1) is 12.8 Å². The number of aryl methyl sites for hydroxylation is 1. The van der Waals surface area contributed by atoms with Gasteiger partial charge in [0.1, 0.15) is 0 Å². The molecule has 0 saturated carbocycles. The molecule has 0 saturated heterocycles. The molecule has 0 spiro atoms. The number of hydrogen-bond acceptors (Lipinski definition) is 5. The summed E-state index contributed by atoms with van der Waals surface area (Å²) in [6, 6.07) is 8.12. The molecule has 0 aliphatic heterocycles. The van der Waals surface area contributed by atoms with Crippen LogP contribution < -0.4 is 5.73 Å². The van der Waals surface area contributed by atoms with E-state index < -0.39 is 0 Å². The van der Waals surface area contributed by atoms with Gasteiger partial charge in [-0.25, -0.2) is 0 Å². The van der Waals surface area contributed by atoms with Crippen molar-refractivity contribution >= 4 is 11.8 Å². The van der Waals surface area contributed by atoms with Gasteiger partial charge in [0.15, 0.2) is 0 Å². The minimum absolute atomic E-state index is 0.180. The van der Waals surface area contributed by atoms with Crippen LogP contribution in [-0.4, -0.2) is 10.2 Å². The molecule has 0 fully saturated rings. The number of hydrogen-bond donors (Lipinski definition) is 1. The van der Waals surface area contributed by atoms with Gasteiger partial charge in [-0.2, -0.15) is 0 Å². The summed E-state index contributed by atoms with van der Waals surface area (Å²) in [7, 11) is 0. The first kappa shape index (κ1) is 15.1. The smallest absolute Gasteiger partial charge is 0.276 e. The molecular formula is C15H21N3OS. The minimum atomic E-state index is -0.180. The van der Waals surface area contributed by atoms with Gasteiger partial charge in [0.25, 0.3) is 5.22 Å². The summed E-state index contributed by atoms with van der Waals surface area (Å²) in [5.74, 6) is 1.70. The van der Waals surface area contributed by atoms with E-state index in [0.717, 1.165) is 12.2 Å². The van der Waals surface area contributed by atoms with Gasteiger partial charge >= 0.3 is 0 Å². The largest absolute Gasteiger partial charge is 0.414 e. The zero-order valence-electron chi connectivity index (χ0n) is 12.2. The summed E-state index contributed by atoms with van der Waals surface area (Å²) in [6.45, 7) is 6.30. The van der Waals surface area contributed by atoms with Gasteiger partial charge < -0.3 is 10.2 Å². The SMILES string of the molecule is CCC(C)C(N)c1nnc(SCc2ccccc2C)o1. The number of nitrogens with two attached hydrogens (primary N) is 1. The molecule has 2 aromatic rings. The molecule has 0 aliphatic carbocycles. The third-order valence-corrected chi connectivity index (χ3v) is 4.44. The van der Waals surface area contributed by atoms with E-state index >= 15 is 0 Å². The quantitative estimate of drug-likeness (QED) is 0.822. The fourth-order valence-corrected chi connectivity index (χ4v) is 2.67. The molecule has 2 unspecified atom stereocenters.